The maximum absolute atomic E-state index is 11.9. The summed E-state index contributed by atoms with van der Waals surface area (Å²) in [7, 11) is 0. The number of piperazine rings is 1. The Hall–Kier alpha value is -1.33. The molecule has 5 nitrogen and oxygen atoms in total. The van der Waals surface area contributed by atoms with Crippen molar-refractivity contribution in [1.29, 1.82) is 0 Å². The Balaban J connectivity index is 1.54. The first-order valence-electron chi connectivity index (χ1n) is 7.08. The molecule has 106 valence electrons. The molecule has 19 heavy (non-hydrogen) atoms. The quantitative estimate of drug-likeness (QED) is 0.795. The van der Waals surface area contributed by atoms with E-state index in [1.165, 1.54) is 5.06 Å². The minimum absolute atomic E-state index is 0.231. The summed E-state index contributed by atoms with van der Waals surface area (Å²) >= 11 is 0. The van der Waals surface area contributed by atoms with E-state index in [0.717, 1.165) is 25.8 Å². The van der Waals surface area contributed by atoms with Gasteiger partial charge in [-0.15, -0.1) is 0 Å². The zero-order valence-corrected chi connectivity index (χ0v) is 11.4. The van der Waals surface area contributed by atoms with Crippen LogP contribution in [-0.4, -0.2) is 51.8 Å². The second kappa shape index (κ2) is 7.31. The van der Waals surface area contributed by atoms with E-state index in [1.54, 1.807) is 0 Å². The van der Waals surface area contributed by atoms with Crippen molar-refractivity contribution in [3.05, 3.63) is 24.5 Å². The average molecular weight is 265 g/mol. The number of hydroxylamine groups is 2. The molecule has 1 saturated heterocycles. The molecule has 2 heterocycles. The highest BCUT2D eigenvalue weighted by atomic mass is 16.5. The van der Waals surface area contributed by atoms with Gasteiger partial charge >= 0.3 is 0 Å². The minimum Gasteiger partial charge on any atom is -0.354 e. The third-order valence-corrected chi connectivity index (χ3v) is 3.58. The van der Waals surface area contributed by atoms with E-state index in [9.17, 15) is 10.0 Å². The van der Waals surface area contributed by atoms with Crippen LogP contribution in [0.25, 0.3) is 0 Å². The van der Waals surface area contributed by atoms with Crippen LogP contribution in [-0.2, 0) is 11.3 Å². The number of hydrogen-bond donors (Lipinski definition) is 1. The molecule has 0 aliphatic carbocycles. The first-order valence-corrected chi connectivity index (χ1v) is 7.08. The van der Waals surface area contributed by atoms with Crippen molar-refractivity contribution in [1.82, 2.24) is 14.5 Å². The Kier molecular flexibility index (Phi) is 5.42. The Labute approximate surface area is 114 Å². The predicted octanol–water partition coefficient (Wildman–Crippen LogP) is 1.58. The first kappa shape index (κ1) is 14.1. The van der Waals surface area contributed by atoms with E-state index in [-0.39, 0.29) is 5.91 Å². The second-order valence-corrected chi connectivity index (χ2v) is 5.07. The molecule has 1 aromatic heterocycles. The van der Waals surface area contributed by atoms with Crippen molar-refractivity contribution < 1.29 is 10.0 Å². The van der Waals surface area contributed by atoms with Crippen LogP contribution in [0.1, 0.15) is 25.7 Å². The van der Waals surface area contributed by atoms with Crippen LogP contribution in [0.4, 0.5) is 0 Å². The molecule has 0 saturated carbocycles. The normalized spacial score (nSPS) is 16.8. The van der Waals surface area contributed by atoms with Gasteiger partial charge in [0.2, 0.25) is 5.91 Å². The highest BCUT2D eigenvalue weighted by molar-refractivity contribution is 5.76. The molecule has 1 aliphatic rings. The summed E-state index contributed by atoms with van der Waals surface area (Å²) in [6.07, 6.45) is 7.94. The fourth-order valence-corrected chi connectivity index (χ4v) is 2.37. The third kappa shape index (κ3) is 4.69. The maximum Gasteiger partial charge on any atom is 0.222 e. The summed E-state index contributed by atoms with van der Waals surface area (Å²) < 4.78 is 2.17. The van der Waals surface area contributed by atoms with Crippen LogP contribution in [0, 0.1) is 0 Å². The summed E-state index contributed by atoms with van der Waals surface area (Å²) in [6.45, 7) is 3.47. The van der Waals surface area contributed by atoms with E-state index >= 15 is 0 Å². The molecule has 0 atom stereocenters. The number of carbonyl (C=O) groups excluding carboxylic acids is 1. The van der Waals surface area contributed by atoms with Crippen LogP contribution < -0.4 is 0 Å². The Morgan fingerprint density at radius 1 is 1.00 bits per heavy atom. The summed E-state index contributed by atoms with van der Waals surface area (Å²) in [5.41, 5.74) is 0. The highest BCUT2D eigenvalue weighted by Gasteiger charge is 2.19. The number of rotatable bonds is 6. The third-order valence-electron chi connectivity index (χ3n) is 3.58. The molecule has 5 heteroatoms. The van der Waals surface area contributed by atoms with Crippen LogP contribution in [0.3, 0.4) is 0 Å². The molecule has 0 spiro atoms. The number of nitrogens with zero attached hydrogens (tertiary/aromatic N) is 3. The van der Waals surface area contributed by atoms with Crippen LogP contribution in [0.15, 0.2) is 24.5 Å². The molecule has 0 aromatic carbocycles. The molecule has 0 radical (unpaired) electrons. The highest BCUT2D eigenvalue weighted by Crippen LogP contribution is 2.07. The molecule has 1 amide bonds. The zero-order chi connectivity index (χ0) is 13.5. The van der Waals surface area contributed by atoms with Crippen molar-refractivity contribution >= 4 is 5.91 Å². The van der Waals surface area contributed by atoms with Gasteiger partial charge in [-0.1, -0.05) is 6.42 Å². The Morgan fingerprint density at radius 2 is 1.68 bits per heavy atom. The lowest BCUT2D eigenvalue weighted by molar-refractivity contribution is -0.146. The second-order valence-electron chi connectivity index (χ2n) is 5.07. The minimum atomic E-state index is 0.231. The molecular weight excluding hydrogens is 242 g/mol. The van der Waals surface area contributed by atoms with Crippen molar-refractivity contribution in [3.63, 3.8) is 0 Å². The smallest absolute Gasteiger partial charge is 0.222 e. The van der Waals surface area contributed by atoms with Crippen molar-refractivity contribution in [2.24, 2.45) is 0 Å². The van der Waals surface area contributed by atoms with E-state index < -0.39 is 0 Å². The molecule has 1 fully saturated rings. The summed E-state index contributed by atoms with van der Waals surface area (Å²) in [5.74, 6) is 0.231. The predicted molar refractivity (Wildman–Crippen MR) is 72.8 cm³/mol. The van der Waals surface area contributed by atoms with Crippen molar-refractivity contribution in [3.8, 4) is 0 Å². The number of aromatic nitrogens is 1. The molecule has 1 aliphatic heterocycles. The van der Waals surface area contributed by atoms with Gasteiger partial charge in [0.1, 0.15) is 0 Å². The standard InChI is InChI=1S/C14H23N3O2/c18-14(16-10-12-17(19)13-11-16)6-2-1-3-7-15-8-4-5-9-15/h4-5,8-9,19H,1-3,6-7,10-13H2. The van der Waals surface area contributed by atoms with Gasteiger partial charge in [-0.3, -0.25) is 4.79 Å². The Morgan fingerprint density at radius 3 is 2.37 bits per heavy atom. The molecule has 2 rings (SSSR count). The maximum atomic E-state index is 11.9. The lowest BCUT2D eigenvalue weighted by atomic mass is 10.1. The van der Waals surface area contributed by atoms with E-state index in [1.807, 2.05) is 17.0 Å². The van der Waals surface area contributed by atoms with Gasteiger partial charge in [-0.2, -0.15) is 5.06 Å². The number of unbranched alkanes of at least 4 members (excludes halogenated alkanes) is 2. The van der Waals surface area contributed by atoms with Gasteiger partial charge in [0.05, 0.1) is 0 Å². The topological polar surface area (TPSA) is 48.7 Å². The Bertz CT molecular complexity index is 370. The molecular formula is C14H23N3O2. The zero-order valence-electron chi connectivity index (χ0n) is 11.4. The molecule has 0 unspecified atom stereocenters. The molecule has 1 aromatic rings. The number of amides is 1. The number of hydrogen-bond acceptors (Lipinski definition) is 3. The van der Waals surface area contributed by atoms with E-state index in [2.05, 4.69) is 17.0 Å². The molecule has 1 N–H and O–H groups in total. The lowest BCUT2D eigenvalue weighted by Crippen LogP contribution is -2.47. The first-order chi connectivity index (χ1) is 9.25. The van der Waals surface area contributed by atoms with Crippen LogP contribution >= 0.6 is 0 Å². The largest absolute Gasteiger partial charge is 0.354 e. The van der Waals surface area contributed by atoms with Gasteiger partial charge in [-0.05, 0) is 25.0 Å². The fraction of sp³-hybridized carbons (Fsp3) is 0.643. The van der Waals surface area contributed by atoms with Crippen molar-refractivity contribution in [2.45, 2.75) is 32.2 Å². The average Bonchev–Trinajstić information content (AvgIpc) is 2.92. The SMILES string of the molecule is O=C(CCCCCn1cccc1)N1CCN(O)CC1. The van der Waals surface area contributed by atoms with Gasteiger partial charge < -0.3 is 14.7 Å². The molecule has 0 bridgehead atoms. The fourth-order valence-electron chi connectivity index (χ4n) is 2.37. The van der Waals surface area contributed by atoms with Crippen molar-refractivity contribution in [2.75, 3.05) is 26.2 Å². The van der Waals surface area contributed by atoms with Gasteiger partial charge in [0.25, 0.3) is 0 Å². The summed E-state index contributed by atoms with van der Waals surface area (Å²) in [5, 5.41) is 10.5. The lowest BCUT2D eigenvalue weighted by Gasteiger charge is -2.31. The van der Waals surface area contributed by atoms with Crippen LogP contribution in [0.2, 0.25) is 0 Å². The summed E-state index contributed by atoms with van der Waals surface area (Å²) in [4.78, 5) is 13.8. The number of carbonyl (C=O) groups is 1. The van der Waals surface area contributed by atoms with Gasteiger partial charge in [-0.25, -0.2) is 0 Å². The van der Waals surface area contributed by atoms with Gasteiger partial charge in [0, 0.05) is 51.5 Å². The monoisotopic (exact) mass is 265 g/mol. The van der Waals surface area contributed by atoms with Gasteiger partial charge in [0.15, 0.2) is 0 Å². The summed E-state index contributed by atoms with van der Waals surface area (Å²) in [6, 6.07) is 4.06. The van der Waals surface area contributed by atoms with Crippen LogP contribution in [0.5, 0.6) is 0 Å². The van der Waals surface area contributed by atoms with E-state index in [4.69, 9.17) is 0 Å². The van der Waals surface area contributed by atoms with E-state index in [0.29, 0.717) is 32.6 Å². The number of aryl methyl sites for hydroxylation is 1.